The Kier molecular flexibility index (Phi) is 5.30. The van der Waals surface area contributed by atoms with Crippen LogP contribution in [0, 0.1) is 11.3 Å². The molecule has 0 aliphatic carbocycles. The van der Waals surface area contributed by atoms with Crippen LogP contribution in [0.25, 0.3) is 6.08 Å². The second-order valence-corrected chi connectivity index (χ2v) is 3.93. The fourth-order valence-electron chi connectivity index (χ4n) is 1.63. The van der Waals surface area contributed by atoms with Crippen LogP contribution in [0.4, 0.5) is 0 Å². The molecule has 98 valence electrons. The van der Waals surface area contributed by atoms with Gasteiger partial charge >= 0.3 is 11.9 Å². The fourth-order valence-corrected chi connectivity index (χ4v) is 1.63. The number of hydrogen-bond donors (Lipinski definition) is 2. The smallest absolute Gasteiger partial charge is 0.328 e. The maximum absolute atomic E-state index is 10.6. The summed E-state index contributed by atoms with van der Waals surface area (Å²) >= 11 is 0. The lowest BCUT2D eigenvalue weighted by Crippen LogP contribution is -2.00. The molecule has 0 saturated heterocycles. The monoisotopic (exact) mass is 259 g/mol. The highest BCUT2D eigenvalue weighted by atomic mass is 16.4. The minimum absolute atomic E-state index is 0.0223. The molecule has 5 nitrogen and oxygen atoms in total. The van der Waals surface area contributed by atoms with Gasteiger partial charge in [0.1, 0.15) is 0 Å². The lowest BCUT2D eigenvalue weighted by atomic mass is 9.98. The van der Waals surface area contributed by atoms with Gasteiger partial charge in [-0.1, -0.05) is 18.2 Å². The predicted octanol–water partition coefficient (Wildman–Crippen LogP) is 1.87. The van der Waals surface area contributed by atoms with E-state index in [0.29, 0.717) is 12.0 Å². The molecular weight excluding hydrogens is 246 g/mol. The first-order valence-electron chi connectivity index (χ1n) is 5.64. The molecule has 0 saturated carbocycles. The number of carboxylic acid groups (broad SMARTS) is 2. The molecule has 0 bridgehead atoms. The van der Waals surface area contributed by atoms with Gasteiger partial charge in [-0.2, -0.15) is 5.26 Å². The largest absolute Gasteiger partial charge is 0.481 e. The van der Waals surface area contributed by atoms with Crippen molar-refractivity contribution < 1.29 is 19.8 Å². The van der Waals surface area contributed by atoms with Crippen molar-refractivity contribution in [2.75, 3.05) is 0 Å². The summed E-state index contributed by atoms with van der Waals surface area (Å²) in [5, 5.41) is 25.9. The summed E-state index contributed by atoms with van der Waals surface area (Å²) in [6.45, 7) is 0. The van der Waals surface area contributed by atoms with Gasteiger partial charge in [0.05, 0.1) is 12.5 Å². The van der Waals surface area contributed by atoms with Gasteiger partial charge in [-0.3, -0.25) is 4.79 Å². The number of benzene rings is 1. The second kappa shape index (κ2) is 6.97. The van der Waals surface area contributed by atoms with E-state index >= 15 is 0 Å². The lowest BCUT2D eigenvalue weighted by molar-refractivity contribution is -0.137. The maximum Gasteiger partial charge on any atom is 0.328 e. The summed E-state index contributed by atoms with van der Waals surface area (Å²) in [5.74, 6) is -1.98. The number of hydrogen-bond acceptors (Lipinski definition) is 3. The number of aryl methyl sites for hydroxylation is 1. The van der Waals surface area contributed by atoms with E-state index in [-0.39, 0.29) is 12.8 Å². The molecule has 0 spiro atoms. The van der Waals surface area contributed by atoms with E-state index in [2.05, 4.69) is 0 Å². The molecule has 0 fully saturated rings. The van der Waals surface area contributed by atoms with Gasteiger partial charge in [-0.25, -0.2) is 4.79 Å². The van der Waals surface area contributed by atoms with Crippen LogP contribution in [0.2, 0.25) is 0 Å². The topological polar surface area (TPSA) is 98.4 Å². The van der Waals surface area contributed by atoms with E-state index in [9.17, 15) is 9.59 Å². The first-order valence-corrected chi connectivity index (χ1v) is 5.64. The average molecular weight is 259 g/mol. The zero-order valence-electron chi connectivity index (χ0n) is 10.2. The summed E-state index contributed by atoms with van der Waals surface area (Å²) < 4.78 is 0. The van der Waals surface area contributed by atoms with Crippen LogP contribution < -0.4 is 0 Å². The van der Waals surface area contributed by atoms with Gasteiger partial charge in [-0.05, 0) is 29.2 Å². The molecule has 0 aromatic heterocycles. The van der Waals surface area contributed by atoms with Crippen LogP contribution in [-0.4, -0.2) is 22.2 Å². The standard InChI is InChI=1S/C14H13NO4/c15-8-7-10-1-2-11(3-5-13(16)17)12(9-10)4-6-14(18)19/h1-2,4,6,9H,3,5,7H2,(H,16,17)(H,18,19)/b6-4+. The van der Waals surface area contributed by atoms with Crippen molar-refractivity contribution in [1.29, 1.82) is 5.26 Å². The molecule has 2 N–H and O–H groups in total. The van der Waals surface area contributed by atoms with E-state index in [1.54, 1.807) is 18.2 Å². The molecule has 0 radical (unpaired) electrons. The van der Waals surface area contributed by atoms with Gasteiger partial charge < -0.3 is 10.2 Å². The summed E-state index contributed by atoms with van der Waals surface area (Å²) in [7, 11) is 0. The van der Waals surface area contributed by atoms with Gasteiger partial charge in [0.2, 0.25) is 0 Å². The number of carbonyl (C=O) groups is 2. The molecule has 0 aliphatic rings. The van der Waals surface area contributed by atoms with E-state index in [1.165, 1.54) is 6.08 Å². The van der Waals surface area contributed by atoms with Crippen LogP contribution in [-0.2, 0) is 22.4 Å². The molecule has 1 aromatic carbocycles. The maximum atomic E-state index is 10.6. The molecule has 0 amide bonds. The van der Waals surface area contributed by atoms with Crippen molar-refractivity contribution in [2.45, 2.75) is 19.3 Å². The van der Waals surface area contributed by atoms with Gasteiger partial charge in [0.15, 0.2) is 0 Å². The Morgan fingerprint density at radius 2 is 2.05 bits per heavy atom. The fraction of sp³-hybridized carbons (Fsp3) is 0.214. The van der Waals surface area contributed by atoms with Crippen LogP contribution in [0.3, 0.4) is 0 Å². The molecule has 1 aromatic rings. The summed E-state index contributed by atoms with van der Waals surface area (Å²) in [5.41, 5.74) is 2.16. The predicted molar refractivity (Wildman–Crippen MR) is 68.4 cm³/mol. The molecule has 0 heterocycles. The zero-order chi connectivity index (χ0) is 14.3. The lowest BCUT2D eigenvalue weighted by Gasteiger charge is -2.06. The SMILES string of the molecule is N#CCc1ccc(CCC(=O)O)c(/C=C/C(=O)O)c1. The second-order valence-electron chi connectivity index (χ2n) is 3.93. The van der Waals surface area contributed by atoms with E-state index in [0.717, 1.165) is 17.2 Å². The normalized spacial score (nSPS) is 10.3. The van der Waals surface area contributed by atoms with Crippen LogP contribution in [0.5, 0.6) is 0 Å². The van der Waals surface area contributed by atoms with Crippen LogP contribution >= 0.6 is 0 Å². The van der Waals surface area contributed by atoms with Crippen molar-refractivity contribution in [3.05, 3.63) is 41.0 Å². The first kappa shape index (κ1) is 14.5. The number of carboxylic acids is 2. The van der Waals surface area contributed by atoms with Crippen molar-refractivity contribution in [3.63, 3.8) is 0 Å². The molecule has 1 rings (SSSR count). The minimum atomic E-state index is -1.07. The summed E-state index contributed by atoms with van der Waals surface area (Å²) in [4.78, 5) is 21.1. The van der Waals surface area contributed by atoms with Gasteiger partial charge in [-0.15, -0.1) is 0 Å². The van der Waals surface area contributed by atoms with E-state index in [1.807, 2.05) is 6.07 Å². The minimum Gasteiger partial charge on any atom is -0.481 e. The van der Waals surface area contributed by atoms with Crippen molar-refractivity contribution in [1.82, 2.24) is 0 Å². The Morgan fingerprint density at radius 1 is 1.32 bits per heavy atom. The molecule has 0 atom stereocenters. The Balaban J connectivity index is 3.03. The van der Waals surface area contributed by atoms with Crippen molar-refractivity contribution in [3.8, 4) is 6.07 Å². The highest BCUT2D eigenvalue weighted by Crippen LogP contribution is 2.16. The third-order valence-electron chi connectivity index (χ3n) is 2.51. The third-order valence-corrected chi connectivity index (χ3v) is 2.51. The van der Waals surface area contributed by atoms with Gasteiger partial charge in [0.25, 0.3) is 0 Å². The van der Waals surface area contributed by atoms with Crippen molar-refractivity contribution in [2.24, 2.45) is 0 Å². The zero-order valence-corrected chi connectivity index (χ0v) is 10.2. The van der Waals surface area contributed by atoms with E-state index < -0.39 is 11.9 Å². The highest BCUT2D eigenvalue weighted by molar-refractivity contribution is 5.85. The van der Waals surface area contributed by atoms with Crippen molar-refractivity contribution >= 4 is 18.0 Å². The average Bonchev–Trinajstić information content (AvgIpc) is 2.35. The number of rotatable bonds is 6. The number of nitriles is 1. The molecule has 0 unspecified atom stereocenters. The number of aliphatic carboxylic acids is 2. The highest BCUT2D eigenvalue weighted by Gasteiger charge is 2.05. The van der Waals surface area contributed by atoms with Crippen LogP contribution in [0.15, 0.2) is 24.3 Å². The molecule has 19 heavy (non-hydrogen) atoms. The third kappa shape index (κ3) is 5.04. The molecule has 0 aliphatic heterocycles. The Morgan fingerprint density at radius 3 is 2.63 bits per heavy atom. The van der Waals surface area contributed by atoms with Crippen LogP contribution in [0.1, 0.15) is 23.1 Å². The quantitative estimate of drug-likeness (QED) is 0.760. The molecular formula is C14H13NO4. The van der Waals surface area contributed by atoms with Gasteiger partial charge in [0, 0.05) is 12.5 Å². The molecule has 5 heteroatoms. The first-order chi connectivity index (χ1) is 9.02. The number of nitrogens with zero attached hydrogens (tertiary/aromatic N) is 1. The Bertz CT molecular complexity index is 555. The van der Waals surface area contributed by atoms with E-state index in [4.69, 9.17) is 15.5 Å². The Hall–Kier alpha value is -2.61. The summed E-state index contributed by atoms with van der Waals surface area (Å²) in [6, 6.07) is 7.20. The Labute approximate surface area is 110 Å². The summed E-state index contributed by atoms with van der Waals surface area (Å²) in [6.07, 6.45) is 2.94.